The Morgan fingerprint density at radius 3 is 2.73 bits per heavy atom. The molecule has 1 aliphatic heterocycles. The van der Waals surface area contributed by atoms with Crippen LogP contribution in [0.2, 0.25) is 0 Å². The molecule has 2 aromatic heterocycles. The highest BCUT2D eigenvalue weighted by Gasteiger charge is 2.40. The van der Waals surface area contributed by atoms with Crippen molar-refractivity contribution < 1.29 is 9.18 Å². The molecule has 0 radical (unpaired) electrons. The van der Waals surface area contributed by atoms with Crippen molar-refractivity contribution in [1.82, 2.24) is 15.2 Å². The minimum Gasteiger partial charge on any atom is -0.352 e. The number of para-hydroxylation sites is 1. The van der Waals surface area contributed by atoms with Gasteiger partial charge in [-0.3, -0.25) is 9.78 Å². The average Bonchev–Trinajstić information content (AvgIpc) is 3.31. The quantitative estimate of drug-likeness (QED) is 0.460. The second-order valence-corrected chi connectivity index (χ2v) is 9.62. The van der Waals surface area contributed by atoms with Gasteiger partial charge in [0.15, 0.2) is 5.11 Å². The maximum Gasteiger partial charge on any atom is 0.226 e. The molecule has 30 heavy (non-hydrogen) atoms. The number of carbonyl (C=O) groups excluding carboxylic acids is 1. The fourth-order valence-corrected chi connectivity index (χ4v) is 5.35. The molecule has 154 valence electrons. The fourth-order valence-electron chi connectivity index (χ4n) is 3.44. The summed E-state index contributed by atoms with van der Waals surface area (Å²) in [5, 5.41) is 6.55. The van der Waals surface area contributed by atoms with Crippen LogP contribution in [-0.2, 0) is 4.79 Å². The lowest BCUT2D eigenvalue weighted by Gasteiger charge is -2.26. The molecular weight excluding hydrogens is 487 g/mol. The van der Waals surface area contributed by atoms with Gasteiger partial charge in [0.2, 0.25) is 5.91 Å². The summed E-state index contributed by atoms with van der Waals surface area (Å²) in [6.45, 7) is 0.398. The number of pyridine rings is 1. The summed E-state index contributed by atoms with van der Waals surface area (Å²) in [6, 6.07) is 15.7. The zero-order valence-corrected chi connectivity index (χ0v) is 18.9. The number of nitrogens with zero attached hydrogens (tertiary/aromatic N) is 2. The second-order valence-electron chi connectivity index (χ2n) is 6.74. The van der Waals surface area contributed by atoms with Gasteiger partial charge in [-0.25, -0.2) is 4.39 Å². The topological polar surface area (TPSA) is 57.3 Å². The molecule has 1 fully saturated rings. The minimum atomic E-state index is -0.458. The lowest BCUT2D eigenvalue weighted by molar-refractivity contribution is -0.116. The summed E-state index contributed by atoms with van der Waals surface area (Å²) in [4.78, 5) is 20.1. The van der Waals surface area contributed by atoms with Crippen molar-refractivity contribution in [3.05, 3.63) is 81.0 Å². The molecule has 1 amide bonds. The third kappa shape index (κ3) is 4.53. The standard InChI is InChI=1S/C21H18BrFN4OS2/c22-17-9-8-16(30-17)20-19(15-7-3-4-11-24-15)26-21(29)27(20)12-10-18(28)25-14-6-2-1-5-13(14)23/h1-9,11,19-20H,10,12H2,(H,25,28)(H,26,29)/t19-,20+/m1/s1. The number of nitrogens with one attached hydrogen (secondary N) is 2. The summed E-state index contributed by atoms with van der Waals surface area (Å²) in [5.41, 5.74) is 1.06. The molecule has 3 heterocycles. The van der Waals surface area contributed by atoms with Gasteiger partial charge in [0.1, 0.15) is 5.82 Å². The first-order valence-electron chi connectivity index (χ1n) is 9.30. The van der Waals surface area contributed by atoms with Crippen LogP contribution in [0.25, 0.3) is 0 Å². The van der Waals surface area contributed by atoms with Crippen molar-refractivity contribution in [2.45, 2.75) is 18.5 Å². The maximum atomic E-state index is 13.8. The van der Waals surface area contributed by atoms with E-state index in [4.69, 9.17) is 12.2 Å². The molecule has 0 saturated carbocycles. The van der Waals surface area contributed by atoms with E-state index in [1.165, 1.54) is 6.07 Å². The molecule has 1 aromatic carbocycles. The van der Waals surface area contributed by atoms with E-state index < -0.39 is 5.82 Å². The van der Waals surface area contributed by atoms with E-state index in [0.717, 1.165) is 14.4 Å². The van der Waals surface area contributed by atoms with E-state index >= 15 is 0 Å². The number of hydrogen-bond donors (Lipinski definition) is 2. The van der Waals surface area contributed by atoms with Gasteiger partial charge in [0.25, 0.3) is 0 Å². The first-order valence-corrected chi connectivity index (χ1v) is 11.3. The van der Waals surface area contributed by atoms with Crippen molar-refractivity contribution in [3.63, 3.8) is 0 Å². The summed E-state index contributed by atoms with van der Waals surface area (Å²) < 4.78 is 14.8. The Morgan fingerprint density at radius 1 is 1.23 bits per heavy atom. The smallest absolute Gasteiger partial charge is 0.226 e. The summed E-state index contributed by atoms with van der Waals surface area (Å²) in [7, 11) is 0. The summed E-state index contributed by atoms with van der Waals surface area (Å²) >= 11 is 10.7. The van der Waals surface area contributed by atoms with Crippen molar-refractivity contribution in [2.75, 3.05) is 11.9 Å². The molecule has 1 aliphatic rings. The number of thiophene rings is 1. The van der Waals surface area contributed by atoms with Crippen LogP contribution >= 0.6 is 39.5 Å². The van der Waals surface area contributed by atoms with E-state index in [1.54, 1.807) is 35.7 Å². The highest BCUT2D eigenvalue weighted by atomic mass is 79.9. The van der Waals surface area contributed by atoms with Crippen LogP contribution in [0.5, 0.6) is 0 Å². The van der Waals surface area contributed by atoms with Crippen molar-refractivity contribution in [2.24, 2.45) is 0 Å². The lowest BCUT2D eigenvalue weighted by Crippen LogP contribution is -2.32. The Bertz CT molecular complexity index is 1060. The Balaban J connectivity index is 1.52. The van der Waals surface area contributed by atoms with Crippen LogP contribution in [0.4, 0.5) is 10.1 Å². The second kappa shape index (κ2) is 9.20. The average molecular weight is 505 g/mol. The SMILES string of the molecule is O=C(CCN1C(=S)N[C@H](c2ccccn2)[C@@H]1c1ccc(Br)s1)Nc1ccccc1F. The zero-order chi connectivity index (χ0) is 21.1. The molecule has 9 heteroatoms. The Labute approximate surface area is 191 Å². The molecule has 0 spiro atoms. The molecule has 3 aromatic rings. The normalized spacial score (nSPS) is 18.3. The molecular formula is C21H18BrFN4OS2. The number of anilines is 1. The predicted octanol–water partition coefficient (Wildman–Crippen LogP) is 5.05. The van der Waals surface area contributed by atoms with Crippen molar-refractivity contribution in [1.29, 1.82) is 0 Å². The van der Waals surface area contributed by atoms with E-state index in [9.17, 15) is 9.18 Å². The third-order valence-corrected chi connectivity index (χ3v) is 6.86. The number of thiocarbonyl (C=S) groups is 1. The van der Waals surface area contributed by atoms with Gasteiger partial charge >= 0.3 is 0 Å². The van der Waals surface area contributed by atoms with E-state index in [-0.39, 0.29) is 30.1 Å². The highest BCUT2D eigenvalue weighted by molar-refractivity contribution is 9.11. The Morgan fingerprint density at radius 2 is 2.03 bits per heavy atom. The first-order chi connectivity index (χ1) is 14.5. The number of aromatic nitrogens is 1. The number of hydrogen-bond acceptors (Lipinski definition) is 4. The van der Waals surface area contributed by atoms with E-state index in [0.29, 0.717) is 11.7 Å². The van der Waals surface area contributed by atoms with Crippen LogP contribution in [0, 0.1) is 5.82 Å². The highest BCUT2D eigenvalue weighted by Crippen LogP contribution is 2.42. The van der Waals surface area contributed by atoms with E-state index in [2.05, 4.69) is 37.6 Å². The van der Waals surface area contributed by atoms with Crippen molar-refractivity contribution >= 4 is 56.2 Å². The van der Waals surface area contributed by atoms with Gasteiger partial charge in [-0.05, 0) is 64.5 Å². The summed E-state index contributed by atoms with van der Waals surface area (Å²) in [6.07, 6.45) is 1.93. The molecule has 4 rings (SSSR count). The van der Waals surface area contributed by atoms with Gasteiger partial charge in [-0.15, -0.1) is 11.3 Å². The molecule has 1 saturated heterocycles. The van der Waals surface area contributed by atoms with Gasteiger partial charge in [0, 0.05) is 24.0 Å². The van der Waals surface area contributed by atoms with Crippen LogP contribution < -0.4 is 10.6 Å². The molecule has 0 aliphatic carbocycles. The van der Waals surface area contributed by atoms with Gasteiger partial charge in [0.05, 0.1) is 27.3 Å². The lowest BCUT2D eigenvalue weighted by atomic mass is 10.0. The molecule has 5 nitrogen and oxygen atoms in total. The predicted molar refractivity (Wildman–Crippen MR) is 124 cm³/mol. The Hall–Kier alpha value is -2.36. The monoisotopic (exact) mass is 504 g/mol. The minimum absolute atomic E-state index is 0.0926. The van der Waals surface area contributed by atoms with Gasteiger partial charge < -0.3 is 15.5 Å². The number of carbonyl (C=O) groups is 1. The van der Waals surface area contributed by atoms with Crippen molar-refractivity contribution in [3.8, 4) is 0 Å². The van der Waals surface area contributed by atoms with Gasteiger partial charge in [-0.2, -0.15) is 0 Å². The number of rotatable bonds is 6. The molecule has 0 unspecified atom stereocenters. The Kier molecular flexibility index (Phi) is 6.40. The first kappa shape index (κ1) is 20.9. The summed E-state index contributed by atoms with van der Waals surface area (Å²) in [5.74, 6) is -0.726. The van der Waals surface area contributed by atoms with Gasteiger partial charge in [-0.1, -0.05) is 18.2 Å². The van der Waals surface area contributed by atoms with E-state index in [1.807, 2.05) is 29.2 Å². The number of amides is 1. The van der Waals surface area contributed by atoms with Crippen LogP contribution in [-0.4, -0.2) is 27.4 Å². The largest absolute Gasteiger partial charge is 0.352 e. The fraction of sp³-hybridized carbons (Fsp3) is 0.190. The maximum absolute atomic E-state index is 13.8. The molecule has 2 atom stereocenters. The number of benzene rings is 1. The van der Waals surface area contributed by atoms with Crippen LogP contribution in [0.15, 0.2) is 64.6 Å². The van der Waals surface area contributed by atoms with Crippen LogP contribution in [0.1, 0.15) is 29.1 Å². The zero-order valence-electron chi connectivity index (χ0n) is 15.7. The number of halogens is 2. The molecule has 0 bridgehead atoms. The molecule has 2 N–H and O–H groups in total. The third-order valence-electron chi connectivity index (χ3n) is 4.81. The van der Waals surface area contributed by atoms with Crippen LogP contribution in [0.3, 0.4) is 0 Å².